The standard InChI is InChI=1S/C75H104N10O20/c1-50(86)44-82-31-35-84(46-68(91)92)37-33-83(34-38-85(36-32-82)47-69(93)94)45-57(87)16-4-3-5-19-62(79-67(90)43-77-66(89)21-12-13-51-24-28-58(104-2)29-25-51)72(98)78-42-52-22-26-53(27-23-52)65(88)41-56(40-61-59-17-8-6-14-54(59)39-55-15-7-9-18-60(55)61)71(97)76-30-11-10-20-63(73(99)100)80-75(103)81-64(74(101)102)48-105-49-70(95)96/h6-9,14-15,17-18,24-25,28-29,39,52-53,56,62-64H,3-5,10-13,16,19-23,26-27,30-38,40-49H2,1-2H3,(H,76,97)(H,77,89)(H,78,98)(H,79,90)(H,91,92)(H,93,94)(H,95,96)(H,99,100)(H,101,102)(H2,80,81,103)/t52?,53?,56-,62+,63+,64+/m1/s1. The molecule has 30 heteroatoms. The van der Waals surface area contributed by atoms with Crippen LogP contribution < -0.4 is 36.6 Å². The number of hydrogen-bond donors (Lipinski definition) is 11. The normalized spacial score (nSPS) is 16.9. The molecule has 1 heterocycles. The summed E-state index contributed by atoms with van der Waals surface area (Å²) in [6.45, 7) is 2.39. The van der Waals surface area contributed by atoms with Crippen LogP contribution in [0.1, 0.15) is 114 Å². The van der Waals surface area contributed by atoms with Crippen LogP contribution in [0.15, 0.2) is 78.9 Å². The third-order valence-electron chi connectivity index (χ3n) is 19.0. The number of nitrogens with one attached hydrogen (secondary N) is 6. The van der Waals surface area contributed by atoms with Crippen molar-refractivity contribution >= 4 is 98.4 Å². The van der Waals surface area contributed by atoms with Crippen LogP contribution in [-0.2, 0) is 75.1 Å². The number of aryl methyl sites for hydroxylation is 1. The van der Waals surface area contributed by atoms with Crippen molar-refractivity contribution < 1.29 is 97.3 Å². The van der Waals surface area contributed by atoms with Crippen LogP contribution in [0.2, 0.25) is 0 Å². The van der Waals surface area contributed by atoms with Gasteiger partial charge in [-0.15, -0.1) is 0 Å². The van der Waals surface area contributed by atoms with Gasteiger partial charge in [-0.25, -0.2) is 19.2 Å². The van der Waals surface area contributed by atoms with Gasteiger partial charge < -0.3 is 66.9 Å². The molecule has 1 aliphatic heterocycles. The van der Waals surface area contributed by atoms with Gasteiger partial charge in [0.25, 0.3) is 0 Å². The highest BCUT2D eigenvalue weighted by atomic mass is 16.5. The van der Waals surface area contributed by atoms with Crippen molar-refractivity contribution in [2.24, 2.45) is 17.8 Å². The van der Waals surface area contributed by atoms with Crippen molar-refractivity contribution in [3.8, 4) is 5.75 Å². The number of amides is 6. The lowest BCUT2D eigenvalue weighted by molar-refractivity contribution is -0.146. The van der Waals surface area contributed by atoms with Gasteiger partial charge in [0, 0.05) is 96.5 Å². The maximum absolute atomic E-state index is 14.5. The first-order chi connectivity index (χ1) is 50.3. The van der Waals surface area contributed by atoms with Crippen LogP contribution in [-0.4, -0.2) is 259 Å². The largest absolute Gasteiger partial charge is 0.497 e. The summed E-state index contributed by atoms with van der Waals surface area (Å²) in [7, 11) is 1.58. The van der Waals surface area contributed by atoms with Crippen molar-refractivity contribution in [3.63, 3.8) is 0 Å². The Morgan fingerprint density at radius 3 is 1.65 bits per heavy atom. The summed E-state index contributed by atoms with van der Waals surface area (Å²) in [6.07, 6.45) is 5.75. The molecule has 1 saturated heterocycles. The zero-order valence-electron chi connectivity index (χ0n) is 60.2. The lowest BCUT2D eigenvalue weighted by Crippen LogP contribution is -2.52. The molecule has 0 unspecified atom stereocenters. The van der Waals surface area contributed by atoms with Crippen LogP contribution in [0.5, 0.6) is 5.75 Å². The number of Topliss-reactive ketones (excluding diaryl/α,β-unsaturated/α-hetero) is 3. The topological polar surface area (TPSA) is 427 Å². The number of hydrogen-bond acceptors (Lipinski definition) is 19. The van der Waals surface area contributed by atoms with E-state index in [1.54, 1.807) is 16.9 Å². The molecule has 2 fully saturated rings. The highest BCUT2D eigenvalue weighted by molar-refractivity contribution is 6.03. The third-order valence-corrected chi connectivity index (χ3v) is 19.0. The molecular weight excluding hydrogens is 1360 g/mol. The Balaban J connectivity index is 1.05. The van der Waals surface area contributed by atoms with Crippen molar-refractivity contribution in [2.75, 3.05) is 118 Å². The summed E-state index contributed by atoms with van der Waals surface area (Å²) in [4.78, 5) is 174. The lowest BCUT2D eigenvalue weighted by Gasteiger charge is -2.33. The van der Waals surface area contributed by atoms with E-state index in [9.17, 15) is 82.8 Å². The van der Waals surface area contributed by atoms with Gasteiger partial charge in [-0.1, -0.05) is 73.5 Å². The fourth-order valence-electron chi connectivity index (χ4n) is 13.3. The van der Waals surface area contributed by atoms with Gasteiger partial charge in [-0.3, -0.25) is 62.8 Å². The second kappa shape index (κ2) is 45.0. The van der Waals surface area contributed by atoms with Gasteiger partial charge >= 0.3 is 35.9 Å². The zero-order valence-corrected chi connectivity index (χ0v) is 60.2. The summed E-state index contributed by atoms with van der Waals surface area (Å²) < 4.78 is 10.0. The number of carbonyl (C=O) groups excluding carboxylic acids is 8. The van der Waals surface area contributed by atoms with E-state index in [-0.39, 0.29) is 138 Å². The van der Waals surface area contributed by atoms with E-state index < -0.39 is 84.9 Å². The first-order valence-corrected chi connectivity index (χ1v) is 36.2. The fraction of sp³-hybridized carbons (Fsp3) is 0.560. The second-order valence-electron chi connectivity index (χ2n) is 27.3. The summed E-state index contributed by atoms with van der Waals surface area (Å²) in [5.41, 5.74) is 1.91. The van der Waals surface area contributed by atoms with Crippen molar-refractivity contribution in [1.82, 2.24) is 51.5 Å². The molecule has 4 aromatic rings. The number of aliphatic carboxylic acids is 5. The quantitative estimate of drug-likeness (QED) is 0.0222. The molecule has 30 nitrogen and oxygen atoms in total. The zero-order chi connectivity index (χ0) is 76.2. The summed E-state index contributed by atoms with van der Waals surface area (Å²) in [6, 6.07) is 19.9. The maximum atomic E-state index is 14.5. The summed E-state index contributed by atoms with van der Waals surface area (Å²) in [5.74, 6) is -8.83. The Kier molecular flexibility index (Phi) is 36.2. The van der Waals surface area contributed by atoms with Crippen molar-refractivity contribution in [3.05, 3.63) is 90.0 Å². The maximum Gasteiger partial charge on any atom is 0.329 e. The van der Waals surface area contributed by atoms with Crippen LogP contribution in [0.3, 0.4) is 0 Å². The van der Waals surface area contributed by atoms with E-state index in [0.717, 1.165) is 32.7 Å². The number of rotatable bonds is 44. The molecule has 4 aromatic carbocycles. The number of urea groups is 1. The number of carboxylic acids is 5. The number of nitrogens with zero attached hydrogens (tertiary/aromatic N) is 4. The average Bonchev–Trinajstić information content (AvgIpc) is 0.773. The first-order valence-electron chi connectivity index (χ1n) is 36.2. The SMILES string of the molecule is COc1ccc(CCCC(=O)NCC(=O)N[C@@H](CCCCCC(=O)CN2CCN(CC(=O)O)CCN(CC(C)=O)CCN(CC(=O)O)CC2)C(=O)NCC2CCC(C(=O)C[C@@H](Cc3c4ccccc4cc4ccccc34)C(=O)NCCCC[C@H](NC(=O)N[C@@H](COCC(=O)O)C(=O)O)C(=O)O)CC2)cc1. The minimum atomic E-state index is -1.67. The predicted molar refractivity (Wildman–Crippen MR) is 387 cm³/mol. The van der Waals surface area contributed by atoms with Crippen LogP contribution in [0.25, 0.3) is 21.5 Å². The Labute approximate surface area is 611 Å². The molecule has 6 rings (SSSR count). The van der Waals surface area contributed by atoms with E-state index in [2.05, 4.69) is 38.0 Å². The number of methoxy groups -OCH3 is 1. The average molecular weight is 1470 g/mol. The smallest absolute Gasteiger partial charge is 0.329 e. The minimum absolute atomic E-state index is 0.0318. The van der Waals surface area contributed by atoms with Crippen LogP contribution in [0, 0.1) is 17.8 Å². The minimum Gasteiger partial charge on any atom is -0.497 e. The molecule has 6 amide bonds. The number of carboxylic acid groups (broad SMARTS) is 5. The molecule has 4 atom stereocenters. The number of unbranched alkanes of at least 4 members (excludes halogenated alkanes) is 3. The highest BCUT2D eigenvalue weighted by Gasteiger charge is 2.33. The second-order valence-corrected chi connectivity index (χ2v) is 27.3. The number of benzene rings is 4. The monoisotopic (exact) mass is 1460 g/mol. The van der Waals surface area contributed by atoms with Gasteiger partial charge in [0.15, 0.2) is 6.04 Å². The summed E-state index contributed by atoms with van der Waals surface area (Å²) >= 11 is 0. The van der Waals surface area contributed by atoms with E-state index in [1.165, 1.54) is 6.92 Å². The molecule has 1 saturated carbocycles. The molecular formula is C75H104N10O20. The van der Waals surface area contributed by atoms with E-state index in [0.29, 0.717) is 116 Å². The predicted octanol–water partition coefficient (Wildman–Crippen LogP) is 3.76. The van der Waals surface area contributed by atoms with E-state index in [1.807, 2.05) is 82.6 Å². The Morgan fingerprint density at radius 1 is 0.533 bits per heavy atom. The Hall–Kier alpha value is -9.49. The molecule has 574 valence electrons. The fourth-order valence-corrected chi connectivity index (χ4v) is 13.3. The molecule has 0 bridgehead atoms. The number of ketones is 3. The van der Waals surface area contributed by atoms with Gasteiger partial charge in [-0.05, 0) is 141 Å². The number of ether oxygens (including phenoxy) is 2. The molecule has 0 aromatic heterocycles. The number of carbonyl (C=O) groups is 13. The third kappa shape index (κ3) is 31.4. The van der Waals surface area contributed by atoms with Gasteiger partial charge in [0.05, 0.1) is 46.4 Å². The molecule has 0 radical (unpaired) electrons. The van der Waals surface area contributed by atoms with E-state index >= 15 is 0 Å². The van der Waals surface area contributed by atoms with E-state index in [4.69, 9.17) is 14.6 Å². The van der Waals surface area contributed by atoms with Crippen molar-refractivity contribution in [2.45, 2.75) is 134 Å². The lowest BCUT2D eigenvalue weighted by atomic mass is 9.77. The Morgan fingerprint density at radius 2 is 1.09 bits per heavy atom. The first kappa shape index (κ1) is 84.4. The molecule has 2 aliphatic rings. The molecule has 0 spiro atoms. The van der Waals surface area contributed by atoms with Crippen molar-refractivity contribution in [1.29, 1.82) is 0 Å². The van der Waals surface area contributed by atoms with Gasteiger partial charge in [-0.2, -0.15) is 0 Å². The van der Waals surface area contributed by atoms with Crippen LogP contribution in [0.4, 0.5) is 4.79 Å². The molecule has 11 N–H and O–H groups in total. The molecule has 105 heavy (non-hydrogen) atoms. The van der Waals surface area contributed by atoms with Gasteiger partial charge in [0.1, 0.15) is 41.8 Å². The van der Waals surface area contributed by atoms with Gasteiger partial charge in [0.2, 0.25) is 23.6 Å². The number of fused-ring (bicyclic) bond motifs is 2. The summed E-state index contributed by atoms with van der Waals surface area (Å²) in [5, 5.41) is 67.1. The van der Waals surface area contributed by atoms with Crippen LogP contribution >= 0.6 is 0 Å². The Bertz CT molecular complexity index is 3500. The molecule has 1 aliphatic carbocycles. The highest BCUT2D eigenvalue weighted by Crippen LogP contribution is 2.34.